The second kappa shape index (κ2) is 10.2. The summed E-state index contributed by atoms with van der Waals surface area (Å²) in [6.45, 7) is 0.288. The predicted octanol–water partition coefficient (Wildman–Crippen LogP) is 3.57. The zero-order valence-corrected chi connectivity index (χ0v) is 22.0. The first-order valence-corrected chi connectivity index (χ1v) is 12.9. The third kappa shape index (κ3) is 4.87. The van der Waals surface area contributed by atoms with Crippen molar-refractivity contribution in [2.24, 2.45) is 5.41 Å². The monoisotopic (exact) mass is 544 g/mol. The van der Waals surface area contributed by atoms with Gasteiger partial charge in [-0.1, -0.05) is 30.0 Å². The molecule has 1 saturated heterocycles. The maximum atomic E-state index is 13.1. The first-order chi connectivity index (χ1) is 19.8. The molecule has 1 fully saturated rings. The Morgan fingerprint density at radius 1 is 1.05 bits per heavy atom. The van der Waals surface area contributed by atoms with E-state index in [0.717, 1.165) is 11.1 Å². The number of aromatic hydroxyl groups is 1. The fourth-order valence-electron chi connectivity index (χ4n) is 5.08. The third-order valence-corrected chi connectivity index (χ3v) is 7.24. The van der Waals surface area contributed by atoms with Gasteiger partial charge in [0.05, 0.1) is 19.2 Å². The van der Waals surface area contributed by atoms with Crippen molar-refractivity contribution in [3.05, 3.63) is 95.8 Å². The van der Waals surface area contributed by atoms with E-state index in [1.807, 2.05) is 18.2 Å². The minimum absolute atomic E-state index is 0.0234. The van der Waals surface area contributed by atoms with Gasteiger partial charge in [-0.25, -0.2) is 4.98 Å². The zero-order valence-electron chi connectivity index (χ0n) is 22.0. The lowest BCUT2D eigenvalue weighted by Gasteiger charge is -2.25. The van der Waals surface area contributed by atoms with Crippen LogP contribution >= 0.6 is 0 Å². The summed E-state index contributed by atoms with van der Waals surface area (Å²) in [5, 5.41) is 12.8. The Kier molecular flexibility index (Phi) is 6.44. The Bertz CT molecular complexity index is 1760. The Morgan fingerprint density at radius 2 is 1.88 bits per heavy atom. The van der Waals surface area contributed by atoms with Gasteiger partial charge in [0.25, 0.3) is 5.91 Å². The molecule has 3 amide bonds. The molecular formula is C32H24N4O5. The number of ether oxygens (including phenoxy) is 1. The molecular weight excluding hydrogens is 520 g/mol. The van der Waals surface area contributed by atoms with Crippen molar-refractivity contribution in [3.63, 3.8) is 0 Å². The van der Waals surface area contributed by atoms with Gasteiger partial charge >= 0.3 is 0 Å². The van der Waals surface area contributed by atoms with Gasteiger partial charge in [-0.15, -0.1) is 0 Å². The summed E-state index contributed by atoms with van der Waals surface area (Å²) in [4.78, 5) is 48.7. The van der Waals surface area contributed by atoms with Crippen molar-refractivity contribution in [2.75, 3.05) is 13.7 Å². The molecule has 2 aliphatic rings. The van der Waals surface area contributed by atoms with Crippen LogP contribution in [0, 0.1) is 17.3 Å². The van der Waals surface area contributed by atoms with Gasteiger partial charge in [0.15, 0.2) is 0 Å². The highest BCUT2D eigenvalue weighted by atomic mass is 16.5. The summed E-state index contributed by atoms with van der Waals surface area (Å²) in [7, 11) is 1.53. The number of imide groups is 1. The summed E-state index contributed by atoms with van der Waals surface area (Å²) in [5.41, 5.74) is 3.14. The van der Waals surface area contributed by atoms with E-state index >= 15 is 0 Å². The lowest BCUT2D eigenvalue weighted by atomic mass is 9.85. The van der Waals surface area contributed by atoms with E-state index in [1.54, 1.807) is 65.8 Å². The molecule has 9 nitrogen and oxygen atoms in total. The Morgan fingerprint density at radius 3 is 2.59 bits per heavy atom. The SMILES string of the molecule is COc1ccc2c(c1)C(=O)N(C[C@@]1(C#Cc3ccc(-c4nc(-c5cccnc5)ccc4O)cc3)CC(=O)NC1=O)C2. The van der Waals surface area contributed by atoms with Gasteiger partial charge in [-0.05, 0) is 54.1 Å². The number of aromatic nitrogens is 2. The second-order valence-corrected chi connectivity index (χ2v) is 9.95. The van der Waals surface area contributed by atoms with Gasteiger partial charge in [0.2, 0.25) is 11.8 Å². The number of nitrogens with zero attached hydrogens (tertiary/aromatic N) is 3. The van der Waals surface area contributed by atoms with Crippen LogP contribution in [0.1, 0.15) is 27.9 Å². The van der Waals surface area contributed by atoms with Crippen molar-refractivity contribution in [1.82, 2.24) is 20.2 Å². The molecule has 0 saturated carbocycles. The van der Waals surface area contributed by atoms with E-state index in [0.29, 0.717) is 40.4 Å². The van der Waals surface area contributed by atoms with E-state index in [4.69, 9.17) is 4.74 Å². The molecule has 6 rings (SSSR count). The summed E-state index contributed by atoms with van der Waals surface area (Å²) in [6, 6.07) is 19.4. The van der Waals surface area contributed by atoms with Gasteiger partial charge in [-0.2, -0.15) is 0 Å². The van der Waals surface area contributed by atoms with Crippen molar-refractivity contribution in [3.8, 4) is 45.9 Å². The third-order valence-electron chi connectivity index (χ3n) is 7.24. The average Bonchev–Trinajstić information content (AvgIpc) is 3.46. The van der Waals surface area contributed by atoms with E-state index in [9.17, 15) is 19.5 Å². The smallest absolute Gasteiger partial charge is 0.254 e. The van der Waals surface area contributed by atoms with Crippen LogP contribution in [0.25, 0.3) is 22.5 Å². The Hall–Kier alpha value is -5.49. The largest absolute Gasteiger partial charge is 0.506 e. The number of hydrogen-bond donors (Lipinski definition) is 2. The molecule has 0 bridgehead atoms. The van der Waals surface area contributed by atoms with Crippen LogP contribution < -0.4 is 10.1 Å². The molecule has 0 aliphatic carbocycles. The van der Waals surface area contributed by atoms with E-state index in [2.05, 4.69) is 27.1 Å². The number of pyridine rings is 2. The Balaban J connectivity index is 1.26. The molecule has 9 heteroatoms. The summed E-state index contributed by atoms with van der Waals surface area (Å²) >= 11 is 0. The van der Waals surface area contributed by atoms with Crippen molar-refractivity contribution in [1.29, 1.82) is 0 Å². The highest BCUT2D eigenvalue weighted by molar-refractivity contribution is 6.08. The van der Waals surface area contributed by atoms with E-state index < -0.39 is 17.2 Å². The van der Waals surface area contributed by atoms with Crippen molar-refractivity contribution < 1.29 is 24.2 Å². The zero-order chi connectivity index (χ0) is 28.6. The van der Waals surface area contributed by atoms with Crippen LogP contribution in [-0.4, -0.2) is 51.4 Å². The van der Waals surface area contributed by atoms with Gasteiger partial charge < -0.3 is 14.7 Å². The van der Waals surface area contributed by atoms with Crippen LogP contribution in [0.15, 0.2) is 79.1 Å². The molecule has 2 aliphatic heterocycles. The first-order valence-electron chi connectivity index (χ1n) is 12.9. The van der Waals surface area contributed by atoms with Crippen LogP contribution in [-0.2, 0) is 16.1 Å². The molecule has 2 aromatic carbocycles. The van der Waals surface area contributed by atoms with Gasteiger partial charge in [0.1, 0.15) is 22.6 Å². The first kappa shape index (κ1) is 25.8. The maximum absolute atomic E-state index is 13.1. The number of rotatable bonds is 5. The molecule has 0 spiro atoms. The molecule has 4 heterocycles. The molecule has 2 N–H and O–H groups in total. The topological polar surface area (TPSA) is 122 Å². The average molecular weight is 545 g/mol. The lowest BCUT2D eigenvalue weighted by Crippen LogP contribution is -2.42. The number of benzene rings is 2. The Labute approximate surface area is 235 Å². The fourth-order valence-corrected chi connectivity index (χ4v) is 5.08. The van der Waals surface area contributed by atoms with E-state index in [-0.39, 0.29) is 24.6 Å². The molecule has 4 aromatic rings. The highest BCUT2D eigenvalue weighted by Crippen LogP contribution is 2.34. The van der Waals surface area contributed by atoms with Gasteiger partial charge in [-0.3, -0.25) is 24.7 Å². The highest BCUT2D eigenvalue weighted by Gasteiger charge is 2.48. The number of carbonyl (C=O) groups is 3. The quantitative estimate of drug-likeness (QED) is 0.291. The molecule has 0 unspecified atom stereocenters. The predicted molar refractivity (Wildman–Crippen MR) is 149 cm³/mol. The minimum atomic E-state index is -1.38. The number of carbonyl (C=O) groups excluding carboxylic acids is 3. The van der Waals surface area contributed by atoms with Gasteiger partial charge in [0, 0.05) is 47.7 Å². The number of hydrogen-bond acceptors (Lipinski definition) is 7. The summed E-state index contributed by atoms with van der Waals surface area (Å²) in [5.74, 6) is 5.45. The minimum Gasteiger partial charge on any atom is -0.506 e. The number of nitrogens with one attached hydrogen (secondary N) is 1. The van der Waals surface area contributed by atoms with E-state index in [1.165, 1.54) is 7.11 Å². The van der Waals surface area contributed by atoms with Crippen LogP contribution in [0.3, 0.4) is 0 Å². The summed E-state index contributed by atoms with van der Waals surface area (Å²) in [6.07, 6.45) is 3.24. The number of fused-ring (bicyclic) bond motifs is 1. The molecule has 41 heavy (non-hydrogen) atoms. The normalized spacial score (nSPS) is 17.6. The summed E-state index contributed by atoms with van der Waals surface area (Å²) < 4.78 is 5.24. The standard InChI is InChI=1S/C32H24N4O5/c1-41-24-9-8-23-18-36(30(39)25(23)15-24)19-32(16-28(38)35-31(32)40)13-12-20-4-6-21(7-5-20)29-27(37)11-10-26(34-29)22-3-2-14-33-17-22/h2-11,14-15,17,37H,16,18-19H2,1H3,(H,35,38,40)/t32-/m1/s1. The fraction of sp³-hybridized carbons (Fsp3) is 0.156. The van der Waals surface area contributed by atoms with Crippen LogP contribution in [0.4, 0.5) is 0 Å². The lowest BCUT2D eigenvalue weighted by molar-refractivity contribution is -0.127. The second-order valence-electron chi connectivity index (χ2n) is 9.95. The maximum Gasteiger partial charge on any atom is 0.254 e. The molecule has 1 atom stereocenters. The number of amides is 3. The number of methoxy groups -OCH3 is 1. The van der Waals surface area contributed by atoms with Crippen molar-refractivity contribution in [2.45, 2.75) is 13.0 Å². The molecule has 0 radical (unpaired) electrons. The van der Waals surface area contributed by atoms with Crippen LogP contribution in [0.5, 0.6) is 11.5 Å². The molecule has 2 aromatic heterocycles. The van der Waals surface area contributed by atoms with Crippen LogP contribution in [0.2, 0.25) is 0 Å². The van der Waals surface area contributed by atoms with Crippen molar-refractivity contribution >= 4 is 17.7 Å². The molecule has 202 valence electrons.